The number of hydrogen-bond donors (Lipinski definition) is 0. The van der Waals surface area contributed by atoms with Crippen molar-refractivity contribution in [3.05, 3.63) is 47.3 Å². The van der Waals surface area contributed by atoms with Gasteiger partial charge >= 0.3 is 0 Å². The Labute approximate surface area is 144 Å². The third kappa shape index (κ3) is 3.97. The fourth-order valence-corrected chi connectivity index (χ4v) is 3.32. The van der Waals surface area contributed by atoms with Gasteiger partial charge in [0.15, 0.2) is 0 Å². The van der Waals surface area contributed by atoms with Crippen LogP contribution in [0.15, 0.2) is 35.1 Å². The van der Waals surface area contributed by atoms with Crippen molar-refractivity contribution >= 4 is 0 Å². The third-order valence-corrected chi connectivity index (χ3v) is 4.92. The van der Waals surface area contributed by atoms with Crippen LogP contribution in [0.5, 0.6) is 5.75 Å². The summed E-state index contributed by atoms with van der Waals surface area (Å²) in [6.07, 6.45) is 4.24. The van der Waals surface area contributed by atoms with Crippen LogP contribution in [-0.2, 0) is 13.1 Å². The van der Waals surface area contributed by atoms with Crippen LogP contribution in [0, 0.1) is 0 Å². The van der Waals surface area contributed by atoms with Crippen LogP contribution in [-0.4, -0.2) is 42.2 Å². The molecule has 5 heteroatoms. The van der Waals surface area contributed by atoms with Crippen LogP contribution >= 0.6 is 0 Å². The van der Waals surface area contributed by atoms with E-state index >= 15 is 0 Å². The number of aromatic nitrogens is 1. The predicted octanol–water partition coefficient (Wildman–Crippen LogP) is 3.47. The number of likely N-dealkylation sites (tertiary alicyclic amines) is 1. The number of benzene rings is 1. The second-order valence-corrected chi connectivity index (χ2v) is 6.64. The first kappa shape index (κ1) is 17.0. The molecule has 1 aliphatic rings. The van der Waals surface area contributed by atoms with E-state index in [0.29, 0.717) is 0 Å². The lowest BCUT2D eigenvalue weighted by atomic mass is 10.1. The highest BCUT2D eigenvalue weighted by atomic mass is 16.5. The van der Waals surface area contributed by atoms with Crippen molar-refractivity contribution in [3.63, 3.8) is 0 Å². The molecule has 0 N–H and O–H groups in total. The van der Waals surface area contributed by atoms with Gasteiger partial charge in [0.05, 0.1) is 13.2 Å². The molecule has 0 amide bonds. The van der Waals surface area contributed by atoms with Gasteiger partial charge in [-0.3, -0.25) is 9.80 Å². The van der Waals surface area contributed by atoms with Gasteiger partial charge in [-0.25, -0.2) is 0 Å². The van der Waals surface area contributed by atoms with Crippen molar-refractivity contribution in [2.75, 3.05) is 27.2 Å². The van der Waals surface area contributed by atoms with Gasteiger partial charge in [0, 0.05) is 24.7 Å². The SMILES string of the molecule is COc1ccc(CN(C)[C@H](C)c2ccon2)cc1CN1CCCC1. The van der Waals surface area contributed by atoms with Gasteiger partial charge in [0.1, 0.15) is 17.7 Å². The van der Waals surface area contributed by atoms with Gasteiger partial charge < -0.3 is 9.26 Å². The van der Waals surface area contributed by atoms with E-state index in [0.717, 1.165) is 24.5 Å². The summed E-state index contributed by atoms with van der Waals surface area (Å²) in [6, 6.07) is 8.66. The molecule has 24 heavy (non-hydrogen) atoms. The fraction of sp³-hybridized carbons (Fsp3) is 0.526. The molecular formula is C19H27N3O2. The van der Waals surface area contributed by atoms with Gasteiger partial charge in [-0.2, -0.15) is 0 Å². The molecule has 0 aliphatic carbocycles. The second kappa shape index (κ2) is 7.81. The van der Waals surface area contributed by atoms with Gasteiger partial charge in [0.2, 0.25) is 0 Å². The highest BCUT2D eigenvalue weighted by Crippen LogP contribution is 2.25. The Balaban J connectivity index is 1.70. The zero-order chi connectivity index (χ0) is 16.9. The molecule has 1 aromatic carbocycles. The fourth-order valence-electron chi connectivity index (χ4n) is 3.32. The highest BCUT2D eigenvalue weighted by Gasteiger charge is 2.17. The summed E-state index contributed by atoms with van der Waals surface area (Å²) >= 11 is 0. The van der Waals surface area contributed by atoms with Crippen LogP contribution in [0.1, 0.15) is 42.6 Å². The van der Waals surface area contributed by atoms with E-state index in [2.05, 4.69) is 47.1 Å². The van der Waals surface area contributed by atoms with E-state index in [1.807, 2.05) is 6.07 Å². The summed E-state index contributed by atoms with van der Waals surface area (Å²) in [5, 5.41) is 4.05. The first-order valence-corrected chi connectivity index (χ1v) is 8.66. The molecule has 2 aromatic rings. The standard InChI is InChI=1S/C19H27N3O2/c1-15(18-8-11-24-20-18)21(2)13-16-6-7-19(23-3)17(12-16)14-22-9-4-5-10-22/h6-8,11-12,15H,4-5,9-10,13-14H2,1-3H3/t15-/m1/s1. The zero-order valence-corrected chi connectivity index (χ0v) is 14.9. The van der Waals surface area contributed by atoms with Crippen molar-refractivity contribution in [3.8, 4) is 5.75 Å². The molecule has 130 valence electrons. The minimum atomic E-state index is 0.216. The number of nitrogens with zero attached hydrogens (tertiary/aromatic N) is 3. The Kier molecular flexibility index (Phi) is 5.53. The van der Waals surface area contributed by atoms with Crippen molar-refractivity contribution in [2.45, 2.75) is 38.9 Å². The minimum Gasteiger partial charge on any atom is -0.496 e. The maximum atomic E-state index is 5.56. The van der Waals surface area contributed by atoms with E-state index in [-0.39, 0.29) is 6.04 Å². The third-order valence-electron chi connectivity index (χ3n) is 4.92. The molecule has 3 rings (SSSR count). The smallest absolute Gasteiger partial charge is 0.124 e. The van der Waals surface area contributed by atoms with Crippen LogP contribution in [0.4, 0.5) is 0 Å². The van der Waals surface area contributed by atoms with Crippen molar-refractivity contribution in [2.24, 2.45) is 0 Å². The van der Waals surface area contributed by atoms with E-state index in [1.54, 1.807) is 13.4 Å². The van der Waals surface area contributed by atoms with Gasteiger partial charge in [0.25, 0.3) is 0 Å². The normalized spacial score (nSPS) is 16.7. The van der Waals surface area contributed by atoms with Crippen molar-refractivity contribution in [1.82, 2.24) is 15.0 Å². The molecule has 0 spiro atoms. The number of hydrogen-bond acceptors (Lipinski definition) is 5. The lowest BCUT2D eigenvalue weighted by Gasteiger charge is -2.24. The first-order valence-electron chi connectivity index (χ1n) is 8.66. The summed E-state index contributed by atoms with van der Waals surface area (Å²) in [6.45, 7) is 6.37. The molecule has 1 fully saturated rings. The molecule has 0 radical (unpaired) electrons. The Bertz CT molecular complexity index is 636. The van der Waals surface area contributed by atoms with E-state index in [4.69, 9.17) is 9.26 Å². The quantitative estimate of drug-likeness (QED) is 0.778. The molecular weight excluding hydrogens is 302 g/mol. The average molecular weight is 329 g/mol. The maximum absolute atomic E-state index is 5.56. The van der Waals surface area contributed by atoms with E-state index < -0.39 is 0 Å². The van der Waals surface area contributed by atoms with Gasteiger partial charge in [-0.15, -0.1) is 0 Å². The second-order valence-electron chi connectivity index (χ2n) is 6.64. The molecule has 0 saturated carbocycles. The van der Waals surface area contributed by atoms with Crippen molar-refractivity contribution < 1.29 is 9.26 Å². The van der Waals surface area contributed by atoms with E-state index in [9.17, 15) is 0 Å². The van der Waals surface area contributed by atoms with Gasteiger partial charge in [-0.1, -0.05) is 11.2 Å². The molecule has 1 aliphatic heterocycles. The van der Waals surface area contributed by atoms with Crippen LogP contribution in [0.3, 0.4) is 0 Å². The number of methoxy groups -OCH3 is 1. The Morgan fingerprint density at radius 2 is 2.08 bits per heavy atom. The summed E-state index contributed by atoms with van der Waals surface area (Å²) < 4.78 is 10.5. The lowest BCUT2D eigenvalue weighted by Crippen LogP contribution is -2.22. The Morgan fingerprint density at radius 3 is 2.75 bits per heavy atom. The molecule has 5 nitrogen and oxygen atoms in total. The Hall–Kier alpha value is -1.85. The number of ether oxygens (including phenoxy) is 1. The first-order chi connectivity index (χ1) is 11.7. The lowest BCUT2D eigenvalue weighted by molar-refractivity contribution is 0.240. The van der Waals surface area contributed by atoms with Gasteiger partial charge in [-0.05, 0) is 57.6 Å². The summed E-state index contributed by atoms with van der Waals surface area (Å²) in [5.74, 6) is 0.984. The summed E-state index contributed by atoms with van der Waals surface area (Å²) in [5.41, 5.74) is 3.53. The molecule has 2 heterocycles. The molecule has 1 saturated heterocycles. The van der Waals surface area contributed by atoms with Crippen molar-refractivity contribution in [1.29, 1.82) is 0 Å². The predicted molar refractivity (Wildman–Crippen MR) is 93.9 cm³/mol. The molecule has 0 bridgehead atoms. The minimum absolute atomic E-state index is 0.216. The highest BCUT2D eigenvalue weighted by molar-refractivity contribution is 5.37. The molecule has 0 unspecified atom stereocenters. The molecule has 1 atom stereocenters. The Morgan fingerprint density at radius 1 is 1.29 bits per heavy atom. The van der Waals surface area contributed by atoms with Crippen LogP contribution in [0.25, 0.3) is 0 Å². The largest absolute Gasteiger partial charge is 0.496 e. The molecule has 1 aromatic heterocycles. The summed E-state index contributed by atoms with van der Waals surface area (Å²) in [7, 11) is 3.87. The van der Waals surface area contributed by atoms with Crippen LogP contribution in [0.2, 0.25) is 0 Å². The maximum Gasteiger partial charge on any atom is 0.124 e. The number of rotatable bonds is 7. The average Bonchev–Trinajstić information content (AvgIpc) is 3.28. The van der Waals surface area contributed by atoms with E-state index in [1.165, 1.54) is 37.1 Å². The zero-order valence-electron chi connectivity index (χ0n) is 14.9. The van der Waals surface area contributed by atoms with Crippen LogP contribution < -0.4 is 4.74 Å². The monoisotopic (exact) mass is 329 g/mol. The topological polar surface area (TPSA) is 41.7 Å². The summed E-state index contributed by atoms with van der Waals surface area (Å²) in [4.78, 5) is 4.78.